The zero-order valence-corrected chi connectivity index (χ0v) is 11.9. The van der Waals surface area contributed by atoms with Gasteiger partial charge in [-0.3, -0.25) is 0 Å². The maximum absolute atomic E-state index is 5.88. The smallest absolute Gasteiger partial charge is 0.194 e. The van der Waals surface area contributed by atoms with Gasteiger partial charge in [0, 0.05) is 6.20 Å². The second kappa shape index (κ2) is 6.70. The van der Waals surface area contributed by atoms with Crippen LogP contribution in [-0.2, 0) is 13.0 Å². The van der Waals surface area contributed by atoms with Crippen LogP contribution in [-0.4, -0.2) is 10.9 Å². The van der Waals surface area contributed by atoms with Gasteiger partial charge in [0.1, 0.15) is 5.82 Å². The fourth-order valence-corrected chi connectivity index (χ4v) is 1.94. The van der Waals surface area contributed by atoms with Crippen molar-refractivity contribution in [3.8, 4) is 0 Å². The standard InChI is InChI=1S/C16H20N4/c1-3-13-6-4-5-7-14(13)11-19-16(17)20-15-9-8-12(2)10-18-15/h4-10H,3,11H2,1-2H3,(H3,17,18,19,20). The Balaban J connectivity index is 2.02. The summed E-state index contributed by atoms with van der Waals surface area (Å²) in [5.74, 6) is 1.09. The molecule has 0 atom stereocenters. The van der Waals surface area contributed by atoms with Crippen LogP contribution < -0.4 is 11.1 Å². The average Bonchev–Trinajstić information content (AvgIpc) is 2.48. The third-order valence-corrected chi connectivity index (χ3v) is 3.09. The first kappa shape index (κ1) is 14.1. The Morgan fingerprint density at radius 1 is 1.20 bits per heavy atom. The van der Waals surface area contributed by atoms with Gasteiger partial charge in [0.2, 0.25) is 0 Å². The van der Waals surface area contributed by atoms with Gasteiger partial charge in [0.05, 0.1) is 6.54 Å². The van der Waals surface area contributed by atoms with Crippen molar-refractivity contribution in [2.75, 3.05) is 5.32 Å². The first-order valence-electron chi connectivity index (χ1n) is 6.75. The Labute approximate surface area is 119 Å². The van der Waals surface area contributed by atoms with Gasteiger partial charge in [0.15, 0.2) is 5.96 Å². The van der Waals surface area contributed by atoms with E-state index in [1.807, 2.05) is 31.2 Å². The van der Waals surface area contributed by atoms with Crippen molar-refractivity contribution in [3.63, 3.8) is 0 Å². The van der Waals surface area contributed by atoms with E-state index < -0.39 is 0 Å². The number of rotatable bonds is 4. The molecule has 0 saturated heterocycles. The van der Waals surface area contributed by atoms with E-state index in [9.17, 15) is 0 Å². The predicted molar refractivity (Wildman–Crippen MR) is 83.7 cm³/mol. The predicted octanol–water partition coefficient (Wildman–Crippen LogP) is 2.88. The summed E-state index contributed by atoms with van der Waals surface area (Å²) in [6.45, 7) is 4.71. The number of aromatic nitrogens is 1. The monoisotopic (exact) mass is 268 g/mol. The Morgan fingerprint density at radius 3 is 2.60 bits per heavy atom. The number of aliphatic imine (C=N–C) groups is 1. The highest BCUT2D eigenvalue weighted by Crippen LogP contribution is 2.10. The zero-order chi connectivity index (χ0) is 14.4. The molecule has 4 nitrogen and oxygen atoms in total. The van der Waals surface area contributed by atoms with Gasteiger partial charge in [-0.15, -0.1) is 0 Å². The van der Waals surface area contributed by atoms with Crippen molar-refractivity contribution in [2.45, 2.75) is 26.8 Å². The summed E-state index contributed by atoms with van der Waals surface area (Å²) in [6, 6.07) is 12.1. The van der Waals surface area contributed by atoms with Crippen molar-refractivity contribution < 1.29 is 0 Å². The van der Waals surface area contributed by atoms with E-state index in [0.717, 1.165) is 12.0 Å². The van der Waals surface area contributed by atoms with Crippen molar-refractivity contribution in [3.05, 3.63) is 59.3 Å². The highest BCUT2D eigenvalue weighted by Gasteiger charge is 2.00. The van der Waals surface area contributed by atoms with Gasteiger partial charge >= 0.3 is 0 Å². The van der Waals surface area contributed by atoms with Crippen molar-refractivity contribution in [1.29, 1.82) is 0 Å². The fourth-order valence-electron chi connectivity index (χ4n) is 1.94. The lowest BCUT2D eigenvalue weighted by Gasteiger charge is -2.07. The molecule has 0 aliphatic heterocycles. The molecule has 0 aliphatic rings. The van der Waals surface area contributed by atoms with Crippen molar-refractivity contribution in [1.82, 2.24) is 4.98 Å². The van der Waals surface area contributed by atoms with E-state index in [0.29, 0.717) is 18.3 Å². The van der Waals surface area contributed by atoms with Gasteiger partial charge in [-0.25, -0.2) is 9.98 Å². The molecule has 3 N–H and O–H groups in total. The van der Waals surface area contributed by atoms with E-state index in [1.54, 1.807) is 6.20 Å². The minimum absolute atomic E-state index is 0.382. The van der Waals surface area contributed by atoms with Crippen LogP contribution in [0.15, 0.2) is 47.6 Å². The summed E-state index contributed by atoms with van der Waals surface area (Å²) in [5, 5.41) is 2.99. The number of hydrogen-bond acceptors (Lipinski definition) is 2. The van der Waals surface area contributed by atoms with E-state index in [4.69, 9.17) is 5.73 Å². The van der Waals surface area contributed by atoms with E-state index in [-0.39, 0.29) is 0 Å². The molecule has 0 saturated carbocycles. The van der Waals surface area contributed by atoms with Crippen LogP contribution in [0, 0.1) is 6.92 Å². The topological polar surface area (TPSA) is 63.3 Å². The van der Waals surface area contributed by atoms with E-state index in [2.05, 4.69) is 34.3 Å². The largest absolute Gasteiger partial charge is 0.370 e. The molecule has 4 heteroatoms. The number of anilines is 1. The molecule has 1 aromatic heterocycles. The molecule has 2 aromatic rings. The number of nitrogens with one attached hydrogen (secondary N) is 1. The number of aryl methyl sites for hydroxylation is 2. The van der Waals surface area contributed by atoms with E-state index >= 15 is 0 Å². The summed E-state index contributed by atoms with van der Waals surface area (Å²) in [7, 11) is 0. The van der Waals surface area contributed by atoms with Crippen LogP contribution in [0.3, 0.4) is 0 Å². The number of nitrogens with zero attached hydrogens (tertiary/aromatic N) is 2. The van der Waals surface area contributed by atoms with Gasteiger partial charge in [-0.05, 0) is 36.1 Å². The lowest BCUT2D eigenvalue weighted by Crippen LogP contribution is -2.23. The first-order valence-corrected chi connectivity index (χ1v) is 6.75. The molecule has 0 amide bonds. The number of benzene rings is 1. The number of nitrogens with two attached hydrogens (primary N) is 1. The summed E-state index contributed by atoms with van der Waals surface area (Å²) < 4.78 is 0. The van der Waals surface area contributed by atoms with Gasteiger partial charge in [0.25, 0.3) is 0 Å². The minimum Gasteiger partial charge on any atom is -0.370 e. The zero-order valence-electron chi connectivity index (χ0n) is 11.9. The molecule has 20 heavy (non-hydrogen) atoms. The molecule has 0 fully saturated rings. The van der Waals surface area contributed by atoms with Crippen LogP contribution in [0.4, 0.5) is 5.82 Å². The van der Waals surface area contributed by atoms with Crippen molar-refractivity contribution >= 4 is 11.8 Å². The molecule has 1 heterocycles. The maximum atomic E-state index is 5.88. The van der Waals surface area contributed by atoms with Crippen LogP contribution in [0.5, 0.6) is 0 Å². The second-order valence-electron chi connectivity index (χ2n) is 4.67. The SMILES string of the molecule is CCc1ccccc1CN=C(N)Nc1ccc(C)cn1. The average molecular weight is 268 g/mol. The highest BCUT2D eigenvalue weighted by molar-refractivity contribution is 5.91. The second-order valence-corrected chi connectivity index (χ2v) is 4.67. The normalized spacial score (nSPS) is 11.4. The Morgan fingerprint density at radius 2 is 1.95 bits per heavy atom. The molecular weight excluding hydrogens is 248 g/mol. The molecule has 1 aromatic carbocycles. The highest BCUT2D eigenvalue weighted by atomic mass is 15.1. The van der Waals surface area contributed by atoms with Gasteiger partial charge < -0.3 is 11.1 Å². The van der Waals surface area contributed by atoms with Crippen LogP contribution in [0.25, 0.3) is 0 Å². The molecule has 0 bridgehead atoms. The molecule has 0 radical (unpaired) electrons. The third kappa shape index (κ3) is 3.82. The summed E-state index contributed by atoms with van der Waals surface area (Å²) in [4.78, 5) is 8.60. The Kier molecular flexibility index (Phi) is 4.71. The number of pyridine rings is 1. The third-order valence-electron chi connectivity index (χ3n) is 3.09. The molecule has 0 unspecified atom stereocenters. The molecular formula is C16H20N4. The quantitative estimate of drug-likeness (QED) is 0.662. The van der Waals surface area contributed by atoms with Gasteiger partial charge in [-0.1, -0.05) is 37.3 Å². The molecule has 104 valence electrons. The Hall–Kier alpha value is -2.36. The first-order chi connectivity index (χ1) is 9.69. The molecule has 2 rings (SSSR count). The fraction of sp³-hybridized carbons (Fsp3) is 0.250. The van der Waals surface area contributed by atoms with Crippen molar-refractivity contribution in [2.24, 2.45) is 10.7 Å². The van der Waals surface area contributed by atoms with Crippen LogP contribution in [0.1, 0.15) is 23.6 Å². The summed E-state index contributed by atoms with van der Waals surface area (Å²) in [6.07, 6.45) is 2.79. The van der Waals surface area contributed by atoms with Gasteiger partial charge in [-0.2, -0.15) is 0 Å². The van der Waals surface area contributed by atoms with Crippen LogP contribution >= 0.6 is 0 Å². The Bertz CT molecular complexity index is 588. The lowest BCUT2D eigenvalue weighted by atomic mass is 10.1. The van der Waals surface area contributed by atoms with Crippen LogP contribution in [0.2, 0.25) is 0 Å². The summed E-state index contributed by atoms with van der Waals surface area (Å²) in [5.41, 5.74) is 9.50. The lowest BCUT2D eigenvalue weighted by molar-refractivity contribution is 0.998. The molecule has 0 spiro atoms. The number of guanidine groups is 1. The molecule has 0 aliphatic carbocycles. The minimum atomic E-state index is 0.382. The maximum Gasteiger partial charge on any atom is 0.194 e. The van der Waals surface area contributed by atoms with E-state index in [1.165, 1.54) is 11.1 Å². The number of hydrogen-bond donors (Lipinski definition) is 2. The summed E-state index contributed by atoms with van der Waals surface area (Å²) >= 11 is 0.